The first-order chi connectivity index (χ1) is 17.7. The molecule has 0 fully saturated rings. The van der Waals surface area contributed by atoms with E-state index in [0.29, 0.717) is 35.3 Å². The van der Waals surface area contributed by atoms with Gasteiger partial charge < -0.3 is 20.2 Å². The van der Waals surface area contributed by atoms with E-state index in [0.717, 1.165) is 23.5 Å². The molecule has 2 aromatic rings. The molecule has 1 unspecified atom stereocenters. The number of alkyl halides is 6. The standard InChI is InChI=1S/C22H17Cl2F6N3O4S/c23-11-4-10(5-12(24)6-11)20(22(28,29)30)7-15(33-37-20)17-13-2-1-3-14(13)18(38-17)36-19(35)31-8-16(34)32-9-21(25,26)27/h4-6H,1-3,7-9H2,(H,31,35)(H,32,34). The van der Waals surface area contributed by atoms with E-state index < -0.39 is 49.5 Å². The Hall–Kier alpha value is -2.71. The van der Waals surface area contributed by atoms with Gasteiger partial charge in [-0.25, -0.2) is 4.79 Å². The predicted molar refractivity (Wildman–Crippen MR) is 126 cm³/mol. The number of halogens is 8. The van der Waals surface area contributed by atoms with Crippen molar-refractivity contribution < 1.29 is 45.5 Å². The van der Waals surface area contributed by atoms with Crippen molar-refractivity contribution in [3.63, 3.8) is 0 Å². The summed E-state index contributed by atoms with van der Waals surface area (Å²) >= 11 is 12.8. The van der Waals surface area contributed by atoms with Crippen LogP contribution in [-0.4, -0.2) is 43.2 Å². The molecule has 2 heterocycles. The molecule has 38 heavy (non-hydrogen) atoms. The minimum Gasteiger partial charge on any atom is -0.399 e. The normalized spacial score (nSPS) is 19.0. The number of amides is 2. The van der Waals surface area contributed by atoms with Crippen LogP contribution in [-0.2, 0) is 28.1 Å². The van der Waals surface area contributed by atoms with Crippen molar-refractivity contribution in [2.24, 2.45) is 5.16 Å². The summed E-state index contributed by atoms with van der Waals surface area (Å²) in [7, 11) is 0. The third kappa shape index (κ3) is 5.96. The summed E-state index contributed by atoms with van der Waals surface area (Å²) < 4.78 is 84.8. The van der Waals surface area contributed by atoms with Gasteiger partial charge in [0.25, 0.3) is 5.60 Å². The van der Waals surface area contributed by atoms with Crippen molar-refractivity contribution in [3.8, 4) is 5.06 Å². The lowest BCUT2D eigenvalue weighted by Crippen LogP contribution is -2.42. The molecule has 0 saturated carbocycles. The van der Waals surface area contributed by atoms with Crippen LogP contribution in [0.4, 0.5) is 31.1 Å². The van der Waals surface area contributed by atoms with Gasteiger partial charge in [-0.3, -0.25) is 4.79 Å². The van der Waals surface area contributed by atoms with E-state index in [1.165, 1.54) is 6.07 Å². The van der Waals surface area contributed by atoms with Gasteiger partial charge in [-0.2, -0.15) is 26.3 Å². The van der Waals surface area contributed by atoms with Crippen LogP contribution < -0.4 is 15.4 Å². The third-order valence-corrected chi connectivity index (χ3v) is 7.41. The first kappa shape index (κ1) is 28.3. The van der Waals surface area contributed by atoms with Gasteiger partial charge in [0.2, 0.25) is 5.91 Å². The minimum absolute atomic E-state index is 0.0108. The Kier molecular flexibility index (Phi) is 7.79. The van der Waals surface area contributed by atoms with Gasteiger partial charge in [0.15, 0.2) is 5.06 Å². The Labute approximate surface area is 225 Å². The average Bonchev–Trinajstić information content (AvgIpc) is 3.52. The van der Waals surface area contributed by atoms with Crippen molar-refractivity contribution >= 4 is 52.3 Å². The second-order valence-electron chi connectivity index (χ2n) is 8.45. The molecule has 1 aliphatic heterocycles. The molecule has 0 spiro atoms. The lowest BCUT2D eigenvalue weighted by atomic mass is 9.87. The Morgan fingerprint density at radius 2 is 1.71 bits per heavy atom. The van der Waals surface area contributed by atoms with Crippen LogP contribution in [0, 0.1) is 0 Å². The molecule has 2 aliphatic rings. The Morgan fingerprint density at radius 3 is 2.34 bits per heavy atom. The van der Waals surface area contributed by atoms with Crippen LogP contribution in [0.5, 0.6) is 5.06 Å². The number of thiophene rings is 1. The molecule has 1 aromatic carbocycles. The molecule has 0 saturated heterocycles. The van der Waals surface area contributed by atoms with Crippen LogP contribution in [0.1, 0.15) is 34.4 Å². The average molecular weight is 604 g/mol. The number of rotatable bonds is 6. The van der Waals surface area contributed by atoms with E-state index in [9.17, 15) is 35.9 Å². The highest BCUT2D eigenvalue weighted by Gasteiger charge is 2.62. The number of fused-ring (bicyclic) bond motifs is 1. The summed E-state index contributed by atoms with van der Waals surface area (Å²) in [6.45, 7) is -2.33. The zero-order valence-electron chi connectivity index (χ0n) is 19.0. The SMILES string of the molecule is O=C(CNC(=O)Oc1sc(C2=NOC(c3cc(Cl)cc(Cl)c3)(C(F)(F)F)C2)c2c1CCC2)NCC(F)(F)F. The maximum absolute atomic E-state index is 14.3. The molecule has 1 aliphatic carbocycles. The van der Waals surface area contributed by atoms with Crippen molar-refractivity contribution in [2.75, 3.05) is 13.1 Å². The molecule has 7 nitrogen and oxygen atoms in total. The van der Waals surface area contributed by atoms with Crippen molar-refractivity contribution in [1.82, 2.24) is 10.6 Å². The van der Waals surface area contributed by atoms with Crippen molar-refractivity contribution in [3.05, 3.63) is 49.8 Å². The highest BCUT2D eigenvalue weighted by atomic mass is 35.5. The number of oxime groups is 1. The number of nitrogens with one attached hydrogen (secondary N) is 2. The van der Waals surface area contributed by atoms with Crippen LogP contribution in [0.25, 0.3) is 0 Å². The number of nitrogens with zero attached hydrogens (tertiary/aromatic N) is 1. The van der Waals surface area contributed by atoms with Gasteiger partial charge in [0, 0.05) is 21.2 Å². The van der Waals surface area contributed by atoms with Crippen LogP contribution in [0.2, 0.25) is 10.0 Å². The fourth-order valence-electron chi connectivity index (χ4n) is 4.10. The molecular weight excluding hydrogens is 587 g/mol. The summed E-state index contributed by atoms with van der Waals surface area (Å²) in [5.74, 6) is -1.08. The molecule has 1 aromatic heterocycles. The third-order valence-electron chi connectivity index (χ3n) is 5.77. The molecule has 0 radical (unpaired) electrons. The van der Waals surface area contributed by atoms with Crippen LogP contribution in [0.3, 0.4) is 0 Å². The monoisotopic (exact) mass is 603 g/mol. The highest BCUT2D eigenvalue weighted by molar-refractivity contribution is 7.16. The van der Waals surface area contributed by atoms with E-state index in [-0.39, 0.29) is 26.4 Å². The van der Waals surface area contributed by atoms with E-state index in [1.807, 2.05) is 5.32 Å². The Morgan fingerprint density at radius 1 is 1.05 bits per heavy atom. The smallest absolute Gasteiger partial charge is 0.399 e. The lowest BCUT2D eigenvalue weighted by molar-refractivity contribution is -0.275. The molecule has 2 amide bonds. The molecule has 2 N–H and O–H groups in total. The number of ether oxygens (including phenoxy) is 1. The van der Waals surface area contributed by atoms with Gasteiger partial charge >= 0.3 is 18.4 Å². The van der Waals surface area contributed by atoms with Gasteiger partial charge in [-0.15, -0.1) is 0 Å². The van der Waals surface area contributed by atoms with Gasteiger partial charge in [0.05, 0.1) is 11.3 Å². The number of carbonyl (C=O) groups excluding carboxylic acids is 2. The van der Waals surface area contributed by atoms with Crippen molar-refractivity contribution in [1.29, 1.82) is 0 Å². The van der Waals surface area contributed by atoms with E-state index in [1.54, 1.807) is 5.32 Å². The van der Waals surface area contributed by atoms with Crippen LogP contribution >= 0.6 is 34.5 Å². The number of carbonyl (C=O) groups is 2. The molecule has 1 atom stereocenters. The zero-order valence-corrected chi connectivity index (χ0v) is 21.3. The quantitative estimate of drug-likeness (QED) is 0.403. The topological polar surface area (TPSA) is 89.0 Å². The molecular formula is C22H17Cl2F6N3O4S. The summed E-state index contributed by atoms with van der Waals surface area (Å²) in [4.78, 5) is 29.1. The zero-order chi connectivity index (χ0) is 27.9. The Balaban J connectivity index is 1.51. The summed E-state index contributed by atoms with van der Waals surface area (Å²) in [6, 6.07) is 3.48. The number of benzene rings is 1. The summed E-state index contributed by atoms with van der Waals surface area (Å²) in [6.07, 6.45) is -9.69. The van der Waals surface area contributed by atoms with E-state index in [4.69, 9.17) is 32.8 Å². The van der Waals surface area contributed by atoms with Gasteiger partial charge in [-0.05, 0) is 43.0 Å². The Bertz CT molecular complexity index is 1280. The molecule has 4 rings (SSSR count). The van der Waals surface area contributed by atoms with E-state index in [2.05, 4.69) is 5.16 Å². The second kappa shape index (κ2) is 10.5. The first-order valence-electron chi connectivity index (χ1n) is 10.9. The second-order valence-corrected chi connectivity index (χ2v) is 10.3. The van der Waals surface area contributed by atoms with Gasteiger partial charge in [-0.1, -0.05) is 39.7 Å². The number of hydrogen-bond acceptors (Lipinski definition) is 6. The van der Waals surface area contributed by atoms with E-state index >= 15 is 0 Å². The number of hydrogen-bond donors (Lipinski definition) is 2. The fourth-order valence-corrected chi connectivity index (χ4v) is 5.85. The van der Waals surface area contributed by atoms with Crippen molar-refractivity contribution in [2.45, 2.75) is 43.6 Å². The minimum atomic E-state index is -4.89. The summed E-state index contributed by atoms with van der Waals surface area (Å²) in [5, 5.41) is 7.44. The maximum Gasteiger partial charge on any atom is 0.435 e. The predicted octanol–water partition coefficient (Wildman–Crippen LogP) is 5.89. The summed E-state index contributed by atoms with van der Waals surface area (Å²) in [5.41, 5.74) is -1.92. The fraction of sp³-hybridized carbons (Fsp3) is 0.409. The maximum atomic E-state index is 14.3. The first-order valence-corrected chi connectivity index (χ1v) is 12.5. The van der Waals surface area contributed by atoms with Gasteiger partial charge in [0.1, 0.15) is 18.8 Å². The molecule has 0 bridgehead atoms. The highest BCUT2D eigenvalue weighted by Crippen LogP contribution is 2.51. The molecule has 206 valence electrons. The molecule has 16 heteroatoms. The largest absolute Gasteiger partial charge is 0.435 e. The van der Waals surface area contributed by atoms with Crippen LogP contribution in [0.15, 0.2) is 23.4 Å². The lowest BCUT2D eigenvalue weighted by Gasteiger charge is -2.29.